The van der Waals surface area contributed by atoms with Crippen molar-refractivity contribution in [1.82, 2.24) is 5.32 Å². The van der Waals surface area contributed by atoms with E-state index in [1.165, 1.54) is 44.1 Å². The van der Waals surface area contributed by atoms with E-state index in [0.717, 1.165) is 5.75 Å². The molecule has 0 bridgehead atoms. The monoisotopic (exact) mass is 249 g/mol. The molecule has 1 rings (SSSR count). The number of hydrogen-bond donors (Lipinski definition) is 1. The molecule has 102 valence electrons. The van der Waals surface area contributed by atoms with Crippen molar-refractivity contribution >= 4 is 0 Å². The molecular formula is C16H27NO. The van der Waals surface area contributed by atoms with Crippen LogP contribution in [-0.4, -0.2) is 20.2 Å². The second-order valence-corrected chi connectivity index (χ2v) is 4.87. The molecule has 18 heavy (non-hydrogen) atoms. The van der Waals surface area contributed by atoms with Crippen LogP contribution in [0.2, 0.25) is 0 Å². The third-order valence-corrected chi connectivity index (χ3v) is 3.47. The molecule has 0 amide bonds. The van der Waals surface area contributed by atoms with Gasteiger partial charge in [-0.05, 0) is 50.4 Å². The molecule has 1 aromatic rings. The van der Waals surface area contributed by atoms with Crippen LogP contribution < -0.4 is 10.1 Å². The minimum Gasteiger partial charge on any atom is -0.497 e. The molecular weight excluding hydrogens is 222 g/mol. The van der Waals surface area contributed by atoms with E-state index in [2.05, 4.69) is 31.4 Å². The lowest BCUT2D eigenvalue weighted by molar-refractivity contribution is 0.414. The van der Waals surface area contributed by atoms with Gasteiger partial charge < -0.3 is 10.1 Å². The van der Waals surface area contributed by atoms with Gasteiger partial charge in [0.05, 0.1) is 7.11 Å². The molecule has 1 atom stereocenters. The zero-order chi connectivity index (χ0) is 13.2. The van der Waals surface area contributed by atoms with E-state index in [-0.39, 0.29) is 0 Å². The van der Waals surface area contributed by atoms with Gasteiger partial charge in [0.15, 0.2) is 0 Å². The SMILES string of the molecule is CCCC(CCCCc1ccc(OC)cc1)NC. The lowest BCUT2D eigenvalue weighted by Crippen LogP contribution is -2.24. The number of methoxy groups -OCH3 is 1. The highest BCUT2D eigenvalue weighted by molar-refractivity contribution is 5.27. The standard InChI is InChI=1S/C16H27NO/c1-4-7-15(17-2)9-6-5-8-14-10-12-16(18-3)13-11-14/h10-13,15,17H,4-9H2,1-3H3. The summed E-state index contributed by atoms with van der Waals surface area (Å²) in [6, 6.07) is 9.12. The van der Waals surface area contributed by atoms with E-state index < -0.39 is 0 Å². The van der Waals surface area contributed by atoms with Crippen LogP contribution in [0, 0.1) is 0 Å². The van der Waals surface area contributed by atoms with Crippen molar-refractivity contribution in [2.45, 2.75) is 51.5 Å². The summed E-state index contributed by atoms with van der Waals surface area (Å²) >= 11 is 0. The number of unbranched alkanes of at least 4 members (excludes halogenated alkanes) is 1. The Morgan fingerprint density at radius 3 is 2.39 bits per heavy atom. The van der Waals surface area contributed by atoms with Crippen LogP contribution in [0.1, 0.15) is 44.6 Å². The molecule has 0 saturated heterocycles. The second-order valence-electron chi connectivity index (χ2n) is 4.87. The fourth-order valence-corrected chi connectivity index (χ4v) is 2.29. The molecule has 1 N–H and O–H groups in total. The number of benzene rings is 1. The van der Waals surface area contributed by atoms with Gasteiger partial charge in [-0.25, -0.2) is 0 Å². The Hall–Kier alpha value is -1.02. The third kappa shape index (κ3) is 5.54. The summed E-state index contributed by atoms with van der Waals surface area (Å²) in [6.07, 6.45) is 7.60. The Kier molecular flexibility index (Phi) is 7.51. The first-order chi connectivity index (χ1) is 8.80. The average Bonchev–Trinajstić information content (AvgIpc) is 2.43. The van der Waals surface area contributed by atoms with E-state index in [1.807, 2.05) is 12.1 Å². The van der Waals surface area contributed by atoms with Crippen molar-refractivity contribution in [3.63, 3.8) is 0 Å². The van der Waals surface area contributed by atoms with Gasteiger partial charge in [0, 0.05) is 6.04 Å². The van der Waals surface area contributed by atoms with Crippen LogP contribution in [0.3, 0.4) is 0 Å². The second kappa shape index (κ2) is 8.98. The number of nitrogens with one attached hydrogen (secondary N) is 1. The van der Waals surface area contributed by atoms with Crippen LogP contribution in [0.15, 0.2) is 24.3 Å². The topological polar surface area (TPSA) is 21.3 Å². The average molecular weight is 249 g/mol. The molecule has 0 heterocycles. The molecule has 1 unspecified atom stereocenters. The van der Waals surface area contributed by atoms with Crippen LogP contribution in [0.4, 0.5) is 0 Å². The van der Waals surface area contributed by atoms with Crippen LogP contribution in [-0.2, 0) is 6.42 Å². The smallest absolute Gasteiger partial charge is 0.118 e. The van der Waals surface area contributed by atoms with Gasteiger partial charge in [-0.1, -0.05) is 31.9 Å². The number of rotatable bonds is 9. The van der Waals surface area contributed by atoms with Crippen molar-refractivity contribution < 1.29 is 4.74 Å². The van der Waals surface area contributed by atoms with Gasteiger partial charge in [0.1, 0.15) is 5.75 Å². The molecule has 2 heteroatoms. The fraction of sp³-hybridized carbons (Fsp3) is 0.625. The summed E-state index contributed by atoms with van der Waals surface area (Å²) in [6.45, 7) is 2.25. The van der Waals surface area contributed by atoms with E-state index in [1.54, 1.807) is 7.11 Å². The van der Waals surface area contributed by atoms with Crippen molar-refractivity contribution in [2.24, 2.45) is 0 Å². The summed E-state index contributed by atoms with van der Waals surface area (Å²) in [5.41, 5.74) is 1.41. The van der Waals surface area contributed by atoms with E-state index in [0.29, 0.717) is 6.04 Å². The number of ether oxygens (including phenoxy) is 1. The van der Waals surface area contributed by atoms with E-state index in [9.17, 15) is 0 Å². The molecule has 0 aliphatic carbocycles. The molecule has 0 fully saturated rings. The zero-order valence-corrected chi connectivity index (χ0v) is 12.0. The summed E-state index contributed by atoms with van der Waals surface area (Å²) in [5.74, 6) is 0.942. The summed E-state index contributed by atoms with van der Waals surface area (Å²) in [5, 5.41) is 3.40. The normalized spacial score (nSPS) is 12.4. The Morgan fingerprint density at radius 1 is 1.11 bits per heavy atom. The van der Waals surface area contributed by atoms with Crippen LogP contribution in [0.5, 0.6) is 5.75 Å². The Morgan fingerprint density at radius 2 is 1.83 bits per heavy atom. The van der Waals surface area contributed by atoms with Gasteiger partial charge in [0.2, 0.25) is 0 Å². The highest BCUT2D eigenvalue weighted by atomic mass is 16.5. The Labute approximate surface area is 112 Å². The molecule has 0 aromatic heterocycles. The largest absolute Gasteiger partial charge is 0.497 e. The first kappa shape index (κ1) is 15.0. The lowest BCUT2D eigenvalue weighted by Gasteiger charge is -2.14. The van der Waals surface area contributed by atoms with Crippen LogP contribution in [0.25, 0.3) is 0 Å². The van der Waals surface area contributed by atoms with Gasteiger partial charge in [-0.3, -0.25) is 0 Å². The number of aryl methyl sites for hydroxylation is 1. The Balaban J connectivity index is 2.20. The maximum atomic E-state index is 5.16. The van der Waals surface area contributed by atoms with Crippen molar-refractivity contribution in [2.75, 3.05) is 14.2 Å². The minimum absolute atomic E-state index is 0.700. The highest BCUT2D eigenvalue weighted by Crippen LogP contribution is 2.14. The van der Waals surface area contributed by atoms with Gasteiger partial charge in [-0.15, -0.1) is 0 Å². The lowest BCUT2D eigenvalue weighted by atomic mass is 10.0. The van der Waals surface area contributed by atoms with Gasteiger partial charge in [-0.2, -0.15) is 0 Å². The highest BCUT2D eigenvalue weighted by Gasteiger charge is 2.03. The maximum Gasteiger partial charge on any atom is 0.118 e. The Bertz CT molecular complexity index is 307. The predicted octanol–water partition coefficient (Wildman–Crippen LogP) is 3.80. The van der Waals surface area contributed by atoms with E-state index in [4.69, 9.17) is 4.74 Å². The quantitative estimate of drug-likeness (QED) is 0.672. The molecule has 0 saturated carbocycles. The van der Waals surface area contributed by atoms with Crippen molar-refractivity contribution in [1.29, 1.82) is 0 Å². The molecule has 0 aliphatic rings. The fourth-order valence-electron chi connectivity index (χ4n) is 2.29. The number of hydrogen-bond acceptors (Lipinski definition) is 2. The summed E-state index contributed by atoms with van der Waals surface area (Å²) < 4.78 is 5.16. The van der Waals surface area contributed by atoms with Gasteiger partial charge in [0.25, 0.3) is 0 Å². The third-order valence-electron chi connectivity index (χ3n) is 3.47. The van der Waals surface area contributed by atoms with Crippen molar-refractivity contribution in [3.8, 4) is 5.75 Å². The minimum atomic E-state index is 0.700. The molecule has 1 aromatic carbocycles. The molecule has 0 spiro atoms. The van der Waals surface area contributed by atoms with E-state index >= 15 is 0 Å². The van der Waals surface area contributed by atoms with Crippen LogP contribution >= 0.6 is 0 Å². The summed E-state index contributed by atoms with van der Waals surface area (Å²) in [4.78, 5) is 0. The summed E-state index contributed by atoms with van der Waals surface area (Å²) in [7, 11) is 3.78. The maximum absolute atomic E-state index is 5.16. The van der Waals surface area contributed by atoms with Crippen molar-refractivity contribution in [3.05, 3.63) is 29.8 Å². The van der Waals surface area contributed by atoms with Gasteiger partial charge >= 0.3 is 0 Å². The molecule has 2 nitrogen and oxygen atoms in total. The first-order valence-corrected chi connectivity index (χ1v) is 7.10. The zero-order valence-electron chi connectivity index (χ0n) is 12.0. The molecule has 0 radical (unpaired) electrons. The first-order valence-electron chi connectivity index (χ1n) is 7.10. The predicted molar refractivity (Wildman–Crippen MR) is 78.3 cm³/mol. The molecule has 0 aliphatic heterocycles.